The third kappa shape index (κ3) is 4.43. The van der Waals surface area contributed by atoms with Gasteiger partial charge in [-0.1, -0.05) is 29.5 Å². The average molecular weight is 345 g/mol. The highest BCUT2D eigenvalue weighted by atomic mass is 32.1. The van der Waals surface area contributed by atoms with E-state index in [0.717, 1.165) is 36.2 Å². The van der Waals surface area contributed by atoms with Gasteiger partial charge in [0.15, 0.2) is 11.1 Å². The van der Waals surface area contributed by atoms with E-state index in [0.29, 0.717) is 0 Å². The fourth-order valence-corrected chi connectivity index (χ4v) is 3.64. The van der Waals surface area contributed by atoms with Crippen LogP contribution >= 0.6 is 22.7 Å². The third-order valence-corrected chi connectivity index (χ3v) is 5.09. The fraction of sp³-hybridized carbons (Fsp3) is 0.250. The maximum Gasteiger partial charge on any atom is 0.191 e. The molecular formula is C16H19N5S2. The molecule has 0 aliphatic carbocycles. The van der Waals surface area contributed by atoms with Crippen LogP contribution in [0.1, 0.15) is 4.88 Å². The summed E-state index contributed by atoms with van der Waals surface area (Å²) in [6.45, 7) is 2.36. The van der Waals surface area contributed by atoms with Crippen molar-refractivity contribution < 1.29 is 0 Å². The zero-order valence-electron chi connectivity index (χ0n) is 12.9. The fourth-order valence-electron chi connectivity index (χ4n) is 2.10. The van der Waals surface area contributed by atoms with Crippen molar-refractivity contribution in [1.82, 2.24) is 15.6 Å². The van der Waals surface area contributed by atoms with E-state index in [9.17, 15) is 0 Å². The van der Waals surface area contributed by atoms with E-state index >= 15 is 0 Å². The van der Waals surface area contributed by atoms with Crippen LogP contribution in [0.5, 0.6) is 0 Å². The van der Waals surface area contributed by atoms with E-state index in [1.807, 2.05) is 18.2 Å². The van der Waals surface area contributed by atoms with Gasteiger partial charge in [-0.05, 0) is 23.6 Å². The molecule has 3 N–H and O–H groups in total. The molecule has 0 amide bonds. The summed E-state index contributed by atoms with van der Waals surface area (Å²) in [6, 6.07) is 12.3. The minimum absolute atomic E-state index is 0.778. The van der Waals surface area contributed by atoms with E-state index in [2.05, 4.69) is 49.5 Å². The Morgan fingerprint density at radius 2 is 2.04 bits per heavy atom. The number of aliphatic imine (C=N–C) groups is 1. The molecular weight excluding hydrogens is 326 g/mol. The van der Waals surface area contributed by atoms with E-state index in [-0.39, 0.29) is 0 Å². The van der Waals surface area contributed by atoms with Gasteiger partial charge >= 0.3 is 0 Å². The second-order valence-electron chi connectivity index (χ2n) is 4.85. The van der Waals surface area contributed by atoms with Gasteiger partial charge in [-0.15, -0.1) is 11.3 Å². The number of nitrogens with one attached hydrogen (secondary N) is 3. The predicted octanol–water partition coefficient (Wildman–Crippen LogP) is 3.13. The summed E-state index contributed by atoms with van der Waals surface area (Å²) in [5, 5.41) is 13.0. The molecule has 23 heavy (non-hydrogen) atoms. The van der Waals surface area contributed by atoms with Gasteiger partial charge in [0.25, 0.3) is 0 Å². The SMILES string of the molecule is CN=C(NCCNc1nc2ccccc2s1)NCc1cccs1. The van der Waals surface area contributed by atoms with E-state index in [1.54, 1.807) is 29.7 Å². The van der Waals surface area contributed by atoms with Gasteiger partial charge < -0.3 is 16.0 Å². The standard InChI is InChI=1S/C16H19N5S2/c1-17-15(20-11-12-5-4-10-22-12)18-8-9-19-16-21-13-6-2-3-7-14(13)23-16/h2-7,10H,8-9,11H2,1H3,(H,19,21)(H2,17,18,20). The van der Waals surface area contributed by atoms with Gasteiger partial charge in [0.2, 0.25) is 0 Å². The molecule has 0 radical (unpaired) electrons. The zero-order chi connectivity index (χ0) is 15.9. The summed E-state index contributed by atoms with van der Waals surface area (Å²) in [7, 11) is 1.78. The molecule has 0 saturated carbocycles. The monoisotopic (exact) mass is 345 g/mol. The van der Waals surface area contributed by atoms with Gasteiger partial charge in [0.05, 0.1) is 16.8 Å². The highest BCUT2D eigenvalue weighted by molar-refractivity contribution is 7.22. The minimum Gasteiger partial charge on any atom is -0.360 e. The van der Waals surface area contributed by atoms with Gasteiger partial charge in [-0.2, -0.15) is 0 Å². The Balaban J connectivity index is 1.41. The number of rotatable bonds is 6. The average Bonchev–Trinajstić information content (AvgIpc) is 3.23. The Morgan fingerprint density at radius 3 is 2.83 bits per heavy atom. The lowest BCUT2D eigenvalue weighted by Gasteiger charge is -2.11. The quantitative estimate of drug-likeness (QED) is 0.365. The lowest BCUT2D eigenvalue weighted by Crippen LogP contribution is -2.39. The number of thiophene rings is 1. The predicted molar refractivity (Wildman–Crippen MR) is 101 cm³/mol. The van der Waals surface area contributed by atoms with Crippen LogP contribution in [0.2, 0.25) is 0 Å². The lowest BCUT2D eigenvalue weighted by atomic mass is 10.3. The van der Waals surface area contributed by atoms with Crippen LogP contribution in [-0.4, -0.2) is 31.1 Å². The number of fused-ring (bicyclic) bond motifs is 1. The molecule has 0 aliphatic heterocycles. The first kappa shape index (κ1) is 15.8. The molecule has 1 aromatic carbocycles. The van der Waals surface area contributed by atoms with Gasteiger partial charge in [-0.3, -0.25) is 4.99 Å². The maximum atomic E-state index is 4.55. The summed E-state index contributed by atoms with van der Waals surface area (Å²) < 4.78 is 1.20. The highest BCUT2D eigenvalue weighted by Gasteiger charge is 2.02. The largest absolute Gasteiger partial charge is 0.360 e. The van der Waals surface area contributed by atoms with Crippen molar-refractivity contribution in [3.05, 3.63) is 46.7 Å². The number of hydrogen-bond acceptors (Lipinski definition) is 5. The van der Waals surface area contributed by atoms with E-state index in [1.165, 1.54) is 9.58 Å². The van der Waals surface area contributed by atoms with Crippen LogP contribution in [-0.2, 0) is 6.54 Å². The summed E-state index contributed by atoms with van der Waals surface area (Å²) in [5.41, 5.74) is 1.04. The van der Waals surface area contributed by atoms with Crippen molar-refractivity contribution in [3.63, 3.8) is 0 Å². The smallest absolute Gasteiger partial charge is 0.191 e. The molecule has 3 aromatic rings. The molecule has 0 bridgehead atoms. The maximum absolute atomic E-state index is 4.55. The molecule has 0 aliphatic rings. The van der Waals surface area contributed by atoms with Gasteiger partial charge in [-0.25, -0.2) is 4.98 Å². The number of para-hydroxylation sites is 1. The third-order valence-electron chi connectivity index (χ3n) is 3.22. The second kappa shape index (κ2) is 7.94. The number of nitrogens with zero attached hydrogens (tertiary/aromatic N) is 2. The Hall–Kier alpha value is -2.12. The van der Waals surface area contributed by atoms with Gasteiger partial charge in [0.1, 0.15) is 0 Å². The van der Waals surface area contributed by atoms with Gasteiger partial charge in [0, 0.05) is 25.0 Å². The van der Waals surface area contributed by atoms with Crippen molar-refractivity contribution in [3.8, 4) is 0 Å². The molecule has 0 fully saturated rings. The minimum atomic E-state index is 0.778. The molecule has 5 nitrogen and oxygen atoms in total. The normalized spacial score (nSPS) is 11.6. The number of hydrogen-bond donors (Lipinski definition) is 3. The first-order valence-corrected chi connectivity index (χ1v) is 9.11. The number of benzene rings is 1. The molecule has 0 spiro atoms. The molecule has 2 aromatic heterocycles. The van der Waals surface area contributed by atoms with Crippen LogP contribution in [0.25, 0.3) is 10.2 Å². The Labute approximate surface area is 143 Å². The Bertz CT molecular complexity index is 731. The Kier molecular flexibility index (Phi) is 5.44. The van der Waals surface area contributed by atoms with Crippen LogP contribution < -0.4 is 16.0 Å². The van der Waals surface area contributed by atoms with E-state index < -0.39 is 0 Å². The summed E-state index contributed by atoms with van der Waals surface area (Å²) >= 11 is 3.41. The zero-order valence-corrected chi connectivity index (χ0v) is 14.5. The van der Waals surface area contributed by atoms with Crippen LogP contribution in [0.15, 0.2) is 46.8 Å². The van der Waals surface area contributed by atoms with Crippen molar-refractivity contribution in [2.45, 2.75) is 6.54 Å². The van der Waals surface area contributed by atoms with Crippen molar-refractivity contribution >= 4 is 44.0 Å². The van der Waals surface area contributed by atoms with Crippen molar-refractivity contribution in [2.75, 3.05) is 25.5 Å². The summed E-state index contributed by atoms with van der Waals surface area (Å²) in [5.74, 6) is 0.810. The molecule has 120 valence electrons. The first-order chi connectivity index (χ1) is 11.3. The first-order valence-electron chi connectivity index (χ1n) is 7.41. The summed E-state index contributed by atoms with van der Waals surface area (Å²) in [6.07, 6.45) is 0. The van der Waals surface area contributed by atoms with Crippen molar-refractivity contribution in [1.29, 1.82) is 0 Å². The molecule has 7 heteroatoms. The van der Waals surface area contributed by atoms with E-state index in [4.69, 9.17) is 0 Å². The number of thiazole rings is 1. The summed E-state index contributed by atoms with van der Waals surface area (Å²) in [4.78, 5) is 10.1. The van der Waals surface area contributed by atoms with Crippen LogP contribution in [0.3, 0.4) is 0 Å². The molecule has 3 rings (SSSR count). The number of anilines is 1. The molecule has 2 heterocycles. The van der Waals surface area contributed by atoms with Crippen LogP contribution in [0.4, 0.5) is 5.13 Å². The van der Waals surface area contributed by atoms with Crippen LogP contribution in [0, 0.1) is 0 Å². The number of guanidine groups is 1. The topological polar surface area (TPSA) is 61.3 Å². The Morgan fingerprint density at radius 1 is 1.13 bits per heavy atom. The van der Waals surface area contributed by atoms with Crippen molar-refractivity contribution in [2.24, 2.45) is 4.99 Å². The molecule has 0 atom stereocenters. The number of aromatic nitrogens is 1. The highest BCUT2D eigenvalue weighted by Crippen LogP contribution is 2.24. The molecule has 0 unspecified atom stereocenters. The second-order valence-corrected chi connectivity index (χ2v) is 6.91. The molecule has 0 saturated heterocycles. The lowest BCUT2D eigenvalue weighted by molar-refractivity contribution is 0.819.